The molecular weight excluding hydrogens is 271 g/mol. The highest BCUT2D eigenvalue weighted by Gasteiger charge is 2.21. The predicted octanol–water partition coefficient (Wildman–Crippen LogP) is 0.902. The van der Waals surface area contributed by atoms with Crippen molar-refractivity contribution < 1.29 is 9.59 Å². The van der Waals surface area contributed by atoms with E-state index < -0.39 is 6.04 Å². The fourth-order valence-corrected chi connectivity index (χ4v) is 1.15. The monoisotopic (exact) mass is 284 g/mol. The number of carbonyl (C=O) groups excluding carboxylic acids is 2. The highest BCUT2D eigenvalue weighted by atomic mass is 127. The fraction of sp³-hybridized carbons (Fsp3) is 0.714. The molecule has 12 heavy (non-hydrogen) atoms. The van der Waals surface area contributed by atoms with Crippen molar-refractivity contribution in [2.24, 2.45) is 5.92 Å². The Labute approximate surface area is 85.6 Å². The molecule has 0 saturated carbocycles. The molecule has 0 aromatic heterocycles. The summed E-state index contributed by atoms with van der Waals surface area (Å²) in [4.78, 5) is 21.8. The summed E-state index contributed by atoms with van der Waals surface area (Å²) in [6.07, 6.45) is 0. The quantitative estimate of drug-likeness (QED) is 0.459. The molecule has 2 N–H and O–H groups in total. The van der Waals surface area contributed by atoms with Crippen LogP contribution in [0.25, 0.3) is 0 Å². The number of rotatable bonds is 3. The minimum Gasteiger partial charge on any atom is -0.357 e. The van der Waals surface area contributed by atoms with E-state index in [9.17, 15) is 9.59 Å². The van der Waals surface area contributed by atoms with Crippen LogP contribution in [0.1, 0.15) is 13.8 Å². The zero-order valence-electron chi connectivity index (χ0n) is 7.35. The lowest BCUT2D eigenvalue weighted by atomic mass is 10.0. The van der Waals surface area contributed by atoms with E-state index in [0.717, 1.165) is 0 Å². The molecule has 0 radical (unpaired) electrons. The number of hydrogen-bond acceptors (Lipinski definition) is 2. The molecule has 0 rings (SSSR count). The van der Waals surface area contributed by atoms with E-state index in [4.69, 9.17) is 0 Å². The van der Waals surface area contributed by atoms with E-state index >= 15 is 0 Å². The predicted molar refractivity (Wildman–Crippen MR) is 55.2 cm³/mol. The van der Waals surface area contributed by atoms with Crippen molar-refractivity contribution in [1.29, 1.82) is 0 Å². The molecule has 0 unspecified atom stereocenters. The molecule has 2 amide bonds. The van der Waals surface area contributed by atoms with Gasteiger partial charge in [0, 0.05) is 29.6 Å². The lowest BCUT2D eigenvalue weighted by Gasteiger charge is -2.18. The number of nitrogens with one attached hydrogen (secondary N) is 2. The molecule has 0 bridgehead atoms. The summed E-state index contributed by atoms with van der Waals surface area (Å²) in [6, 6.07) is -0.431. The Kier molecular flexibility index (Phi) is 5.19. The van der Waals surface area contributed by atoms with Crippen LogP contribution in [-0.2, 0) is 4.79 Å². The third-order valence-corrected chi connectivity index (χ3v) is 1.78. The lowest BCUT2D eigenvalue weighted by Crippen LogP contribution is -2.47. The molecule has 0 saturated heterocycles. The van der Waals surface area contributed by atoms with E-state index in [0.29, 0.717) is 0 Å². The molecule has 0 aliphatic carbocycles. The Bertz CT molecular complexity index is 182. The largest absolute Gasteiger partial charge is 0.357 e. The Balaban J connectivity index is 4.23. The van der Waals surface area contributed by atoms with Crippen molar-refractivity contribution in [2.75, 3.05) is 7.05 Å². The molecular formula is C7H13IN2O2. The molecule has 4 nitrogen and oxygen atoms in total. The molecule has 0 fully saturated rings. The van der Waals surface area contributed by atoms with Crippen LogP contribution in [0.2, 0.25) is 0 Å². The van der Waals surface area contributed by atoms with Gasteiger partial charge in [-0.3, -0.25) is 9.59 Å². The third-order valence-electron chi connectivity index (χ3n) is 1.46. The SMILES string of the molecule is CNC(=O)[C@@H](NC(=O)I)C(C)C. The normalized spacial score (nSPS) is 12.4. The van der Waals surface area contributed by atoms with Crippen LogP contribution in [-0.4, -0.2) is 22.9 Å². The summed E-state index contributed by atoms with van der Waals surface area (Å²) in [5, 5.41) is 5.06. The number of halogens is 1. The second-order valence-electron chi connectivity index (χ2n) is 2.75. The summed E-state index contributed by atoms with van der Waals surface area (Å²) in [7, 11) is 1.55. The Morgan fingerprint density at radius 2 is 1.83 bits per heavy atom. The Morgan fingerprint density at radius 3 is 2.08 bits per heavy atom. The number of likely N-dealkylation sites (N-methyl/N-ethyl adjacent to an activating group) is 1. The van der Waals surface area contributed by atoms with Gasteiger partial charge in [0.05, 0.1) is 0 Å². The van der Waals surface area contributed by atoms with E-state index in [-0.39, 0.29) is 15.7 Å². The molecule has 0 aliphatic rings. The summed E-state index contributed by atoms with van der Waals surface area (Å²) in [6.45, 7) is 3.76. The third kappa shape index (κ3) is 3.89. The maximum Gasteiger partial charge on any atom is 0.281 e. The first-order chi connectivity index (χ1) is 5.49. The average Bonchev–Trinajstić information content (AvgIpc) is 1.98. The van der Waals surface area contributed by atoms with Gasteiger partial charge in [-0.05, 0) is 5.92 Å². The van der Waals surface area contributed by atoms with Crippen LogP contribution in [0, 0.1) is 5.92 Å². The van der Waals surface area contributed by atoms with Crippen molar-refractivity contribution in [3.63, 3.8) is 0 Å². The van der Waals surface area contributed by atoms with Crippen LogP contribution in [0.15, 0.2) is 0 Å². The highest BCUT2D eigenvalue weighted by molar-refractivity contribution is 14.1. The smallest absolute Gasteiger partial charge is 0.281 e. The zero-order valence-corrected chi connectivity index (χ0v) is 9.51. The van der Waals surface area contributed by atoms with E-state index in [2.05, 4.69) is 10.6 Å². The van der Waals surface area contributed by atoms with E-state index in [1.54, 1.807) is 29.6 Å². The van der Waals surface area contributed by atoms with Gasteiger partial charge in [-0.1, -0.05) is 13.8 Å². The first kappa shape index (κ1) is 11.7. The molecule has 0 heterocycles. The zero-order chi connectivity index (χ0) is 9.72. The summed E-state index contributed by atoms with van der Waals surface area (Å²) < 4.78 is -0.213. The minimum atomic E-state index is -0.431. The standard InChI is InChI=1S/C7H13IN2O2/c1-4(2)5(6(11)9-3)10-7(8)12/h4-5H,1-3H3,(H,9,11)(H,10,12)/t5-/m0/s1. The summed E-state index contributed by atoms with van der Waals surface area (Å²) >= 11 is 1.61. The maximum atomic E-state index is 11.2. The topological polar surface area (TPSA) is 58.2 Å². The fourth-order valence-electron chi connectivity index (χ4n) is 0.813. The van der Waals surface area contributed by atoms with Crippen LogP contribution < -0.4 is 10.6 Å². The van der Waals surface area contributed by atoms with Crippen molar-refractivity contribution in [3.05, 3.63) is 0 Å². The van der Waals surface area contributed by atoms with Gasteiger partial charge < -0.3 is 10.6 Å². The minimum absolute atomic E-state index is 0.101. The van der Waals surface area contributed by atoms with Crippen LogP contribution in [0.4, 0.5) is 4.79 Å². The summed E-state index contributed by atoms with van der Waals surface area (Å²) in [5.74, 6) is -0.0568. The highest BCUT2D eigenvalue weighted by Crippen LogP contribution is 2.02. The van der Waals surface area contributed by atoms with Gasteiger partial charge in [-0.15, -0.1) is 0 Å². The van der Waals surface area contributed by atoms with Gasteiger partial charge in [-0.25, -0.2) is 0 Å². The van der Waals surface area contributed by atoms with Gasteiger partial charge in [0.2, 0.25) is 5.91 Å². The second kappa shape index (κ2) is 5.34. The molecule has 1 atom stereocenters. The number of carbonyl (C=O) groups is 2. The van der Waals surface area contributed by atoms with Gasteiger partial charge >= 0.3 is 0 Å². The number of amides is 2. The van der Waals surface area contributed by atoms with Gasteiger partial charge in [-0.2, -0.15) is 0 Å². The van der Waals surface area contributed by atoms with Gasteiger partial charge in [0.15, 0.2) is 0 Å². The first-order valence-electron chi connectivity index (χ1n) is 3.66. The molecule has 0 spiro atoms. The van der Waals surface area contributed by atoms with Crippen LogP contribution >= 0.6 is 22.6 Å². The lowest BCUT2D eigenvalue weighted by molar-refractivity contribution is -0.123. The van der Waals surface area contributed by atoms with Gasteiger partial charge in [0.1, 0.15) is 6.04 Å². The molecule has 5 heteroatoms. The average molecular weight is 284 g/mol. The van der Waals surface area contributed by atoms with Crippen molar-refractivity contribution in [2.45, 2.75) is 19.9 Å². The van der Waals surface area contributed by atoms with Crippen molar-refractivity contribution in [1.82, 2.24) is 10.6 Å². The second-order valence-corrected chi connectivity index (χ2v) is 3.73. The van der Waals surface area contributed by atoms with Crippen molar-refractivity contribution in [3.8, 4) is 0 Å². The number of hydrogen-bond donors (Lipinski definition) is 2. The molecule has 70 valence electrons. The van der Waals surface area contributed by atoms with Crippen molar-refractivity contribution >= 4 is 32.4 Å². The van der Waals surface area contributed by atoms with Crippen LogP contribution in [0.5, 0.6) is 0 Å². The Morgan fingerprint density at radius 1 is 1.33 bits per heavy atom. The first-order valence-corrected chi connectivity index (χ1v) is 4.74. The maximum absolute atomic E-state index is 11.2. The van der Waals surface area contributed by atoms with Crippen LogP contribution in [0.3, 0.4) is 0 Å². The molecule has 0 aliphatic heterocycles. The van der Waals surface area contributed by atoms with Gasteiger partial charge in [0.25, 0.3) is 3.91 Å². The Hall–Kier alpha value is -0.330. The van der Waals surface area contributed by atoms with E-state index in [1.807, 2.05) is 13.8 Å². The summed E-state index contributed by atoms with van der Waals surface area (Å²) in [5.41, 5.74) is 0. The van der Waals surface area contributed by atoms with E-state index in [1.165, 1.54) is 0 Å². The molecule has 0 aromatic rings. The molecule has 0 aromatic carbocycles.